The van der Waals surface area contributed by atoms with Crippen LogP contribution in [0.1, 0.15) is 31.9 Å². The van der Waals surface area contributed by atoms with Crippen LogP contribution < -0.4 is 10.1 Å². The summed E-state index contributed by atoms with van der Waals surface area (Å²) >= 11 is 0. The molecular weight excluding hydrogens is 222 g/mol. The fraction of sp³-hybridized carbons (Fsp3) is 0.500. The summed E-state index contributed by atoms with van der Waals surface area (Å²) in [5.74, 6) is 1.64. The van der Waals surface area contributed by atoms with E-state index in [1.54, 1.807) is 7.11 Å². The van der Waals surface area contributed by atoms with Crippen molar-refractivity contribution in [3.05, 3.63) is 34.9 Å². The summed E-state index contributed by atoms with van der Waals surface area (Å²) in [6, 6.07) is 6.28. The molecule has 0 radical (unpaired) electrons. The van der Waals surface area contributed by atoms with E-state index in [9.17, 15) is 0 Å². The van der Waals surface area contributed by atoms with Crippen LogP contribution in [0, 0.1) is 12.8 Å². The van der Waals surface area contributed by atoms with E-state index in [0.717, 1.165) is 18.8 Å². The Balaban J connectivity index is 2.62. The molecule has 1 aromatic carbocycles. The summed E-state index contributed by atoms with van der Waals surface area (Å²) in [6.07, 6.45) is 2.22. The molecular formula is C16H25NO. The van der Waals surface area contributed by atoms with Crippen molar-refractivity contribution < 1.29 is 4.74 Å². The quantitative estimate of drug-likeness (QED) is 0.828. The Kier molecular flexibility index (Phi) is 5.93. The highest BCUT2D eigenvalue weighted by molar-refractivity contribution is 5.55. The van der Waals surface area contributed by atoms with Crippen LogP contribution in [0.2, 0.25) is 0 Å². The summed E-state index contributed by atoms with van der Waals surface area (Å²) in [6.45, 7) is 10.7. The van der Waals surface area contributed by atoms with Gasteiger partial charge in [-0.3, -0.25) is 0 Å². The summed E-state index contributed by atoms with van der Waals surface area (Å²) in [5, 5.41) is 3.45. The van der Waals surface area contributed by atoms with Gasteiger partial charge in [0.05, 0.1) is 7.11 Å². The molecule has 1 rings (SSSR count). The molecule has 0 aliphatic rings. The van der Waals surface area contributed by atoms with Crippen molar-refractivity contribution >= 4 is 6.08 Å². The van der Waals surface area contributed by atoms with Gasteiger partial charge in [0.15, 0.2) is 0 Å². The van der Waals surface area contributed by atoms with E-state index >= 15 is 0 Å². The Hall–Kier alpha value is -1.28. The first-order valence-corrected chi connectivity index (χ1v) is 6.55. The number of hydrogen-bond donors (Lipinski definition) is 1. The van der Waals surface area contributed by atoms with Crippen molar-refractivity contribution in [3.63, 3.8) is 0 Å². The maximum absolute atomic E-state index is 5.26. The largest absolute Gasteiger partial charge is 0.496 e. The molecule has 0 spiro atoms. The van der Waals surface area contributed by atoms with Gasteiger partial charge in [0, 0.05) is 6.54 Å². The number of benzene rings is 1. The Morgan fingerprint density at radius 1 is 1.39 bits per heavy atom. The van der Waals surface area contributed by atoms with Crippen LogP contribution in [-0.4, -0.2) is 20.2 Å². The Labute approximate surface area is 111 Å². The normalized spacial score (nSPS) is 12.0. The molecule has 0 saturated carbocycles. The van der Waals surface area contributed by atoms with Crippen molar-refractivity contribution in [2.24, 2.45) is 5.92 Å². The second-order valence-electron chi connectivity index (χ2n) is 5.24. The van der Waals surface area contributed by atoms with E-state index in [-0.39, 0.29) is 0 Å². The highest BCUT2D eigenvalue weighted by Gasteiger charge is 1.99. The molecule has 0 aliphatic heterocycles. The zero-order valence-corrected chi connectivity index (χ0v) is 12.2. The lowest BCUT2D eigenvalue weighted by atomic mass is 10.1. The fourth-order valence-electron chi connectivity index (χ4n) is 1.88. The Morgan fingerprint density at radius 2 is 2.11 bits per heavy atom. The molecule has 18 heavy (non-hydrogen) atoms. The third kappa shape index (κ3) is 4.92. The standard InChI is InChI=1S/C16H25NO/c1-12(2)10-17-11-13(3)8-15-6-7-16(18-5)14(4)9-15/h6-9,12,17H,10-11H2,1-5H3. The minimum atomic E-state index is 0.695. The number of rotatable bonds is 6. The average molecular weight is 247 g/mol. The first kappa shape index (κ1) is 14.8. The SMILES string of the molecule is COc1ccc(C=C(C)CNCC(C)C)cc1C. The average Bonchev–Trinajstić information content (AvgIpc) is 2.28. The van der Waals surface area contributed by atoms with Crippen LogP contribution in [0.15, 0.2) is 23.8 Å². The minimum Gasteiger partial charge on any atom is -0.496 e. The van der Waals surface area contributed by atoms with Crippen molar-refractivity contribution in [2.75, 3.05) is 20.2 Å². The van der Waals surface area contributed by atoms with Gasteiger partial charge < -0.3 is 10.1 Å². The van der Waals surface area contributed by atoms with Crippen LogP contribution in [0.3, 0.4) is 0 Å². The van der Waals surface area contributed by atoms with Crippen LogP contribution >= 0.6 is 0 Å². The van der Waals surface area contributed by atoms with E-state index in [1.807, 2.05) is 6.07 Å². The van der Waals surface area contributed by atoms with E-state index < -0.39 is 0 Å². The molecule has 0 atom stereocenters. The molecule has 0 aromatic heterocycles. The summed E-state index contributed by atoms with van der Waals surface area (Å²) in [7, 11) is 1.71. The minimum absolute atomic E-state index is 0.695. The van der Waals surface area contributed by atoms with Gasteiger partial charge in [-0.05, 0) is 49.6 Å². The molecule has 2 nitrogen and oxygen atoms in total. The van der Waals surface area contributed by atoms with Gasteiger partial charge in [-0.25, -0.2) is 0 Å². The monoisotopic (exact) mass is 247 g/mol. The van der Waals surface area contributed by atoms with Gasteiger partial charge >= 0.3 is 0 Å². The molecule has 1 aromatic rings. The number of nitrogens with one attached hydrogen (secondary N) is 1. The first-order chi connectivity index (χ1) is 8.52. The zero-order valence-electron chi connectivity index (χ0n) is 12.2. The third-order valence-electron chi connectivity index (χ3n) is 2.79. The molecule has 0 amide bonds. The molecule has 100 valence electrons. The zero-order chi connectivity index (χ0) is 13.5. The van der Waals surface area contributed by atoms with Crippen LogP contribution in [0.4, 0.5) is 0 Å². The summed E-state index contributed by atoms with van der Waals surface area (Å²) in [4.78, 5) is 0. The second-order valence-corrected chi connectivity index (χ2v) is 5.24. The highest BCUT2D eigenvalue weighted by atomic mass is 16.5. The van der Waals surface area contributed by atoms with Gasteiger partial charge in [0.25, 0.3) is 0 Å². The van der Waals surface area contributed by atoms with Crippen molar-refractivity contribution in [3.8, 4) is 5.75 Å². The lowest BCUT2D eigenvalue weighted by Gasteiger charge is -2.08. The van der Waals surface area contributed by atoms with Crippen LogP contribution in [0.25, 0.3) is 6.08 Å². The summed E-state index contributed by atoms with van der Waals surface area (Å²) < 4.78 is 5.26. The molecule has 0 aliphatic carbocycles. The maximum Gasteiger partial charge on any atom is 0.121 e. The van der Waals surface area contributed by atoms with Gasteiger partial charge in [-0.2, -0.15) is 0 Å². The van der Waals surface area contributed by atoms with E-state index in [4.69, 9.17) is 4.74 Å². The number of ether oxygens (including phenoxy) is 1. The summed E-state index contributed by atoms with van der Waals surface area (Å²) in [5.41, 5.74) is 3.76. The molecule has 0 unspecified atom stereocenters. The topological polar surface area (TPSA) is 21.3 Å². The lowest BCUT2D eigenvalue weighted by molar-refractivity contribution is 0.411. The van der Waals surface area contributed by atoms with Crippen LogP contribution in [-0.2, 0) is 0 Å². The van der Waals surface area contributed by atoms with Gasteiger partial charge in [-0.15, -0.1) is 0 Å². The number of methoxy groups -OCH3 is 1. The molecule has 1 N–H and O–H groups in total. The number of hydrogen-bond acceptors (Lipinski definition) is 2. The predicted molar refractivity (Wildman–Crippen MR) is 79.1 cm³/mol. The van der Waals surface area contributed by atoms with Gasteiger partial charge in [0.1, 0.15) is 5.75 Å². The lowest BCUT2D eigenvalue weighted by Crippen LogP contribution is -2.21. The fourth-order valence-corrected chi connectivity index (χ4v) is 1.88. The Morgan fingerprint density at radius 3 is 2.67 bits per heavy atom. The Bertz CT molecular complexity index is 408. The third-order valence-corrected chi connectivity index (χ3v) is 2.79. The molecule has 0 fully saturated rings. The van der Waals surface area contributed by atoms with Gasteiger partial charge in [0.2, 0.25) is 0 Å². The smallest absolute Gasteiger partial charge is 0.121 e. The van der Waals surface area contributed by atoms with Crippen molar-refractivity contribution in [1.29, 1.82) is 0 Å². The van der Waals surface area contributed by atoms with E-state index in [1.165, 1.54) is 16.7 Å². The van der Waals surface area contributed by atoms with Crippen molar-refractivity contribution in [1.82, 2.24) is 5.32 Å². The van der Waals surface area contributed by atoms with E-state index in [2.05, 4.69) is 51.2 Å². The molecule has 0 saturated heterocycles. The van der Waals surface area contributed by atoms with Crippen molar-refractivity contribution in [2.45, 2.75) is 27.7 Å². The maximum atomic E-state index is 5.26. The molecule has 0 bridgehead atoms. The molecule has 0 heterocycles. The van der Waals surface area contributed by atoms with Gasteiger partial charge in [-0.1, -0.05) is 31.6 Å². The number of aryl methyl sites for hydroxylation is 1. The highest BCUT2D eigenvalue weighted by Crippen LogP contribution is 2.19. The van der Waals surface area contributed by atoms with E-state index in [0.29, 0.717) is 5.92 Å². The first-order valence-electron chi connectivity index (χ1n) is 6.55. The molecule has 2 heteroatoms. The second kappa shape index (κ2) is 7.22. The predicted octanol–water partition coefficient (Wildman–Crippen LogP) is 3.65. The van der Waals surface area contributed by atoms with Crippen LogP contribution in [0.5, 0.6) is 5.75 Å².